The van der Waals surface area contributed by atoms with Crippen LogP contribution in [0.3, 0.4) is 0 Å². The first-order valence-electron chi connectivity index (χ1n) is 6.70. The Bertz CT molecular complexity index is 395. The highest BCUT2D eigenvalue weighted by molar-refractivity contribution is 5.44. The summed E-state index contributed by atoms with van der Waals surface area (Å²) >= 11 is 0. The van der Waals surface area contributed by atoms with E-state index in [9.17, 15) is 5.11 Å². The zero-order chi connectivity index (χ0) is 13.0. The lowest BCUT2D eigenvalue weighted by Gasteiger charge is -2.26. The SMILES string of the molecule is Cc1cc(CO)cc(N2CCCC2CCCO)n1. The molecule has 18 heavy (non-hydrogen) atoms. The molecule has 0 amide bonds. The van der Waals surface area contributed by atoms with Gasteiger partial charge in [0.1, 0.15) is 5.82 Å². The lowest BCUT2D eigenvalue weighted by Crippen LogP contribution is -2.30. The molecule has 2 rings (SSSR count). The molecule has 0 aliphatic carbocycles. The van der Waals surface area contributed by atoms with E-state index >= 15 is 0 Å². The quantitative estimate of drug-likeness (QED) is 0.834. The molecular weight excluding hydrogens is 228 g/mol. The Morgan fingerprint density at radius 1 is 1.39 bits per heavy atom. The maximum atomic E-state index is 9.26. The molecule has 4 heteroatoms. The molecule has 1 saturated heterocycles. The first-order chi connectivity index (χ1) is 8.74. The topological polar surface area (TPSA) is 56.6 Å². The number of nitrogens with zero attached hydrogens (tertiary/aromatic N) is 2. The van der Waals surface area contributed by atoms with Crippen molar-refractivity contribution in [2.45, 2.75) is 45.3 Å². The van der Waals surface area contributed by atoms with E-state index in [-0.39, 0.29) is 13.2 Å². The minimum atomic E-state index is 0.0610. The van der Waals surface area contributed by atoms with Gasteiger partial charge in [0.05, 0.1) is 6.61 Å². The molecule has 2 N–H and O–H groups in total. The van der Waals surface area contributed by atoms with Crippen LogP contribution >= 0.6 is 0 Å². The molecule has 0 saturated carbocycles. The van der Waals surface area contributed by atoms with Crippen molar-refractivity contribution in [1.82, 2.24) is 4.98 Å². The summed E-state index contributed by atoms with van der Waals surface area (Å²) in [7, 11) is 0. The number of aliphatic hydroxyl groups excluding tert-OH is 2. The summed E-state index contributed by atoms with van der Waals surface area (Å²) in [5.74, 6) is 0.972. The monoisotopic (exact) mass is 250 g/mol. The normalized spacial score (nSPS) is 19.5. The molecule has 0 radical (unpaired) electrons. The highest BCUT2D eigenvalue weighted by Crippen LogP contribution is 2.27. The van der Waals surface area contributed by atoms with Crippen LogP contribution in [0.5, 0.6) is 0 Å². The minimum absolute atomic E-state index is 0.0610. The number of anilines is 1. The van der Waals surface area contributed by atoms with Crippen LogP contribution in [0.1, 0.15) is 36.9 Å². The molecule has 0 bridgehead atoms. The molecule has 1 aromatic rings. The molecule has 1 unspecified atom stereocenters. The maximum absolute atomic E-state index is 9.26. The highest BCUT2D eigenvalue weighted by atomic mass is 16.3. The van der Waals surface area contributed by atoms with Crippen LogP contribution in [0, 0.1) is 6.92 Å². The Balaban J connectivity index is 2.16. The zero-order valence-corrected chi connectivity index (χ0v) is 11.0. The van der Waals surface area contributed by atoms with Gasteiger partial charge in [0.15, 0.2) is 0 Å². The van der Waals surface area contributed by atoms with E-state index in [1.807, 2.05) is 19.1 Å². The summed E-state index contributed by atoms with van der Waals surface area (Å²) in [5, 5.41) is 18.2. The van der Waals surface area contributed by atoms with Crippen molar-refractivity contribution >= 4 is 5.82 Å². The van der Waals surface area contributed by atoms with Crippen LogP contribution in [-0.2, 0) is 6.61 Å². The Morgan fingerprint density at radius 2 is 2.22 bits per heavy atom. The van der Waals surface area contributed by atoms with E-state index in [4.69, 9.17) is 5.11 Å². The van der Waals surface area contributed by atoms with Crippen molar-refractivity contribution in [3.8, 4) is 0 Å². The second-order valence-corrected chi connectivity index (χ2v) is 4.99. The Kier molecular flexibility index (Phi) is 4.55. The van der Waals surface area contributed by atoms with Gasteiger partial charge in [-0.2, -0.15) is 0 Å². The predicted molar refractivity (Wildman–Crippen MR) is 71.6 cm³/mol. The summed E-state index contributed by atoms with van der Waals surface area (Å²) in [6.45, 7) is 3.30. The molecule has 1 atom stereocenters. The molecule has 1 fully saturated rings. The van der Waals surface area contributed by atoms with Crippen LogP contribution in [-0.4, -0.2) is 34.4 Å². The van der Waals surface area contributed by atoms with Gasteiger partial charge in [-0.25, -0.2) is 4.98 Å². The number of rotatable bonds is 5. The van der Waals surface area contributed by atoms with Gasteiger partial charge < -0.3 is 15.1 Å². The van der Waals surface area contributed by atoms with Crippen molar-refractivity contribution in [3.63, 3.8) is 0 Å². The van der Waals surface area contributed by atoms with Gasteiger partial charge in [-0.3, -0.25) is 0 Å². The Hall–Kier alpha value is -1.13. The lowest BCUT2D eigenvalue weighted by atomic mass is 10.1. The summed E-state index contributed by atoms with van der Waals surface area (Å²) in [4.78, 5) is 6.90. The molecule has 1 aromatic heterocycles. The van der Waals surface area contributed by atoms with Crippen molar-refractivity contribution in [2.75, 3.05) is 18.1 Å². The molecule has 100 valence electrons. The van der Waals surface area contributed by atoms with Gasteiger partial charge in [0, 0.05) is 24.9 Å². The number of aromatic nitrogens is 1. The van der Waals surface area contributed by atoms with Crippen molar-refractivity contribution in [1.29, 1.82) is 0 Å². The fraction of sp³-hybridized carbons (Fsp3) is 0.643. The van der Waals surface area contributed by atoms with E-state index in [0.717, 1.165) is 36.5 Å². The van der Waals surface area contributed by atoms with E-state index in [1.165, 1.54) is 12.8 Å². The third-order valence-corrected chi connectivity index (χ3v) is 3.55. The summed E-state index contributed by atoms with van der Waals surface area (Å²) in [6.07, 6.45) is 4.21. The van der Waals surface area contributed by atoms with Crippen molar-refractivity contribution in [3.05, 3.63) is 23.4 Å². The van der Waals surface area contributed by atoms with Gasteiger partial charge in [0.2, 0.25) is 0 Å². The largest absolute Gasteiger partial charge is 0.396 e. The maximum Gasteiger partial charge on any atom is 0.129 e. The van der Waals surface area contributed by atoms with Crippen LogP contribution in [0.4, 0.5) is 5.82 Å². The van der Waals surface area contributed by atoms with E-state index in [1.54, 1.807) is 0 Å². The standard InChI is InChI=1S/C14H22N2O2/c1-11-8-12(10-18)9-14(15-11)16-6-2-4-13(16)5-3-7-17/h8-9,13,17-18H,2-7,10H2,1H3. The third-order valence-electron chi connectivity index (χ3n) is 3.55. The number of hydrogen-bond acceptors (Lipinski definition) is 4. The highest BCUT2D eigenvalue weighted by Gasteiger charge is 2.25. The van der Waals surface area contributed by atoms with E-state index < -0.39 is 0 Å². The predicted octanol–water partition coefficient (Wildman–Crippen LogP) is 1.62. The second kappa shape index (κ2) is 6.16. The number of pyridine rings is 1. The summed E-state index contributed by atoms with van der Waals surface area (Å²) in [5.41, 5.74) is 1.87. The first kappa shape index (κ1) is 13.3. The van der Waals surface area contributed by atoms with Gasteiger partial charge in [-0.05, 0) is 50.3 Å². The Morgan fingerprint density at radius 3 is 2.94 bits per heavy atom. The van der Waals surface area contributed by atoms with Crippen molar-refractivity contribution in [2.24, 2.45) is 0 Å². The van der Waals surface area contributed by atoms with E-state index in [0.29, 0.717) is 6.04 Å². The van der Waals surface area contributed by atoms with Crippen molar-refractivity contribution < 1.29 is 10.2 Å². The molecule has 4 nitrogen and oxygen atoms in total. The van der Waals surface area contributed by atoms with Gasteiger partial charge in [0.25, 0.3) is 0 Å². The molecular formula is C14H22N2O2. The van der Waals surface area contributed by atoms with E-state index in [2.05, 4.69) is 9.88 Å². The molecule has 0 aromatic carbocycles. The number of aryl methyl sites for hydroxylation is 1. The van der Waals surface area contributed by atoms with Crippen LogP contribution in [0.15, 0.2) is 12.1 Å². The van der Waals surface area contributed by atoms with Gasteiger partial charge in [-0.1, -0.05) is 0 Å². The summed E-state index contributed by atoms with van der Waals surface area (Å²) < 4.78 is 0. The molecule has 2 heterocycles. The van der Waals surface area contributed by atoms with Gasteiger partial charge >= 0.3 is 0 Å². The third kappa shape index (κ3) is 3.00. The lowest BCUT2D eigenvalue weighted by molar-refractivity contribution is 0.279. The average molecular weight is 250 g/mol. The first-order valence-corrected chi connectivity index (χ1v) is 6.70. The fourth-order valence-corrected chi connectivity index (χ4v) is 2.72. The van der Waals surface area contributed by atoms with Crippen LogP contribution < -0.4 is 4.90 Å². The molecule has 1 aliphatic heterocycles. The zero-order valence-electron chi connectivity index (χ0n) is 11.0. The molecule has 1 aliphatic rings. The molecule has 0 spiro atoms. The minimum Gasteiger partial charge on any atom is -0.396 e. The fourth-order valence-electron chi connectivity index (χ4n) is 2.72. The number of hydrogen-bond donors (Lipinski definition) is 2. The summed E-state index contributed by atoms with van der Waals surface area (Å²) in [6, 6.07) is 4.38. The average Bonchev–Trinajstić information content (AvgIpc) is 2.83. The van der Waals surface area contributed by atoms with Gasteiger partial charge in [-0.15, -0.1) is 0 Å². The van der Waals surface area contributed by atoms with Crippen LogP contribution in [0.2, 0.25) is 0 Å². The Labute approximate surface area is 108 Å². The number of aliphatic hydroxyl groups is 2. The van der Waals surface area contributed by atoms with Crippen LogP contribution in [0.25, 0.3) is 0 Å². The second-order valence-electron chi connectivity index (χ2n) is 4.99. The smallest absolute Gasteiger partial charge is 0.129 e.